The number of carbonyl (C=O) groups excluding carboxylic acids is 3. The molecule has 0 rings (SSSR count). The average molecular weight is 893 g/mol. The molecule has 0 heterocycles. The van der Waals surface area contributed by atoms with Crippen molar-refractivity contribution >= 4 is 17.9 Å². The lowest BCUT2D eigenvalue weighted by Gasteiger charge is -2.18. The van der Waals surface area contributed by atoms with Gasteiger partial charge in [0, 0.05) is 19.3 Å². The van der Waals surface area contributed by atoms with E-state index in [1.54, 1.807) is 0 Å². The van der Waals surface area contributed by atoms with E-state index < -0.39 is 6.10 Å². The first kappa shape index (κ1) is 60.9. The highest BCUT2D eigenvalue weighted by Gasteiger charge is 2.19. The number of allylic oxidation sites excluding steroid dienone is 12. The van der Waals surface area contributed by atoms with Crippen molar-refractivity contribution in [2.24, 2.45) is 0 Å². The van der Waals surface area contributed by atoms with E-state index in [4.69, 9.17) is 14.2 Å². The van der Waals surface area contributed by atoms with Crippen LogP contribution in [0.3, 0.4) is 0 Å². The molecule has 6 heteroatoms. The van der Waals surface area contributed by atoms with Gasteiger partial charge in [-0.05, 0) is 103 Å². The number of ether oxygens (including phenoxy) is 3. The monoisotopic (exact) mass is 893 g/mol. The van der Waals surface area contributed by atoms with Crippen LogP contribution in [0.25, 0.3) is 0 Å². The number of hydrogen-bond donors (Lipinski definition) is 0. The lowest BCUT2D eigenvalue weighted by Crippen LogP contribution is -2.30. The summed E-state index contributed by atoms with van der Waals surface area (Å²) >= 11 is 0. The highest BCUT2D eigenvalue weighted by molar-refractivity contribution is 5.71. The zero-order chi connectivity index (χ0) is 46.5. The van der Waals surface area contributed by atoms with Crippen molar-refractivity contribution in [3.05, 3.63) is 72.9 Å². The molecule has 0 saturated heterocycles. The van der Waals surface area contributed by atoms with Crippen molar-refractivity contribution in [1.29, 1.82) is 0 Å². The summed E-state index contributed by atoms with van der Waals surface area (Å²) in [6.07, 6.45) is 66.0. The summed E-state index contributed by atoms with van der Waals surface area (Å²) in [6, 6.07) is 0. The highest BCUT2D eigenvalue weighted by Crippen LogP contribution is 2.14. The Labute approximate surface area is 395 Å². The van der Waals surface area contributed by atoms with Gasteiger partial charge in [0.25, 0.3) is 0 Å². The number of rotatable bonds is 48. The van der Waals surface area contributed by atoms with Crippen LogP contribution in [0.4, 0.5) is 0 Å². The molecule has 0 radical (unpaired) electrons. The third-order valence-electron chi connectivity index (χ3n) is 11.4. The van der Waals surface area contributed by atoms with E-state index in [-0.39, 0.29) is 31.1 Å². The summed E-state index contributed by atoms with van der Waals surface area (Å²) in [4.78, 5) is 38.0. The van der Waals surface area contributed by atoms with Gasteiger partial charge in [-0.15, -0.1) is 0 Å². The molecule has 0 amide bonds. The van der Waals surface area contributed by atoms with Gasteiger partial charge in [-0.1, -0.05) is 209 Å². The maximum atomic E-state index is 12.8. The second-order valence-electron chi connectivity index (χ2n) is 17.8. The van der Waals surface area contributed by atoms with Crippen LogP contribution in [0.1, 0.15) is 258 Å². The highest BCUT2D eigenvalue weighted by atomic mass is 16.6. The first-order valence-corrected chi connectivity index (χ1v) is 27.0. The Bertz CT molecular complexity index is 1210. The van der Waals surface area contributed by atoms with E-state index in [1.807, 2.05) is 0 Å². The number of esters is 3. The van der Waals surface area contributed by atoms with E-state index in [9.17, 15) is 14.4 Å². The fraction of sp³-hybridized carbons (Fsp3) is 0.741. The summed E-state index contributed by atoms with van der Waals surface area (Å²) in [5, 5.41) is 0. The minimum Gasteiger partial charge on any atom is -0.462 e. The molecule has 0 fully saturated rings. The molecular formula is C58H100O6. The minimum atomic E-state index is -0.792. The van der Waals surface area contributed by atoms with Crippen LogP contribution in [0.15, 0.2) is 72.9 Å². The van der Waals surface area contributed by atoms with E-state index >= 15 is 0 Å². The first-order chi connectivity index (χ1) is 31.5. The summed E-state index contributed by atoms with van der Waals surface area (Å²) in [5.74, 6) is -0.924. The van der Waals surface area contributed by atoms with Crippen LogP contribution in [0.2, 0.25) is 0 Å². The van der Waals surface area contributed by atoms with Crippen molar-refractivity contribution in [3.63, 3.8) is 0 Å². The Morgan fingerprint density at radius 1 is 0.344 bits per heavy atom. The van der Waals surface area contributed by atoms with Crippen molar-refractivity contribution in [1.82, 2.24) is 0 Å². The van der Waals surface area contributed by atoms with Crippen LogP contribution < -0.4 is 0 Å². The number of hydrogen-bond acceptors (Lipinski definition) is 6. The van der Waals surface area contributed by atoms with Gasteiger partial charge < -0.3 is 14.2 Å². The Morgan fingerprint density at radius 3 is 1.09 bits per heavy atom. The normalized spacial score (nSPS) is 12.6. The SMILES string of the molecule is CC/C=C\C/C=C\C/C=C\CCCCCCCCC(=O)OC(COC(=O)CCCCCCC/C=C\C=C/CCCCCCCCC)COC(=O)CCCCCCC/C=C\CCCCC. The maximum Gasteiger partial charge on any atom is 0.306 e. The van der Waals surface area contributed by atoms with E-state index in [2.05, 4.69) is 93.7 Å². The fourth-order valence-corrected chi connectivity index (χ4v) is 7.38. The average Bonchev–Trinajstić information content (AvgIpc) is 3.29. The Kier molecular flexibility index (Phi) is 49.9. The Hall–Kier alpha value is -3.15. The van der Waals surface area contributed by atoms with E-state index in [1.165, 1.54) is 103 Å². The standard InChI is InChI=1S/C58H100O6/c1-4-7-10-13-16-19-22-25-27-29-30-32-33-36-39-42-45-48-51-57(60)63-54-55(53-62-56(59)50-47-44-41-38-35-24-21-18-15-12-9-6-3)64-58(61)52-49-46-43-40-37-34-31-28-26-23-20-17-14-11-8-5-2/h8,11,17-18,20-21,26-30,32,55H,4-7,9-10,12-16,19,22-25,31,33-54H2,1-3H3/b11-8-,20-17-,21-18-,28-26-,29-27-,32-30-. The molecule has 1 unspecified atom stereocenters. The van der Waals surface area contributed by atoms with Gasteiger partial charge in [0.1, 0.15) is 13.2 Å². The Balaban J connectivity index is 4.42. The summed E-state index contributed by atoms with van der Waals surface area (Å²) in [6.45, 7) is 6.47. The molecule has 0 aromatic rings. The molecule has 64 heavy (non-hydrogen) atoms. The molecule has 0 N–H and O–H groups in total. The van der Waals surface area contributed by atoms with Crippen LogP contribution in [0, 0.1) is 0 Å². The van der Waals surface area contributed by atoms with E-state index in [0.29, 0.717) is 19.3 Å². The van der Waals surface area contributed by atoms with Crippen LogP contribution in [-0.4, -0.2) is 37.2 Å². The second-order valence-corrected chi connectivity index (χ2v) is 17.8. The lowest BCUT2D eigenvalue weighted by atomic mass is 10.1. The smallest absolute Gasteiger partial charge is 0.306 e. The van der Waals surface area contributed by atoms with Crippen molar-refractivity contribution in [2.45, 2.75) is 264 Å². The molecule has 0 aliphatic heterocycles. The van der Waals surface area contributed by atoms with E-state index in [0.717, 1.165) is 116 Å². The zero-order valence-corrected chi connectivity index (χ0v) is 42.0. The van der Waals surface area contributed by atoms with Gasteiger partial charge in [-0.3, -0.25) is 14.4 Å². The summed E-state index contributed by atoms with van der Waals surface area (Å²) in [7, 11) is 0. The summed E-state index contributed by atoms with van der Waals surface area (Å²) < 4.78 is 16.8. The van der Waals surface area contributed by atoms with Crippen LogP contribution >= 0.6 is 0 Å². The molecule has 0 saturated carbocycles. The maximum absolute atomic E-state index is 12.8. The molecule has 0 spiro atoms. The minimum absolute atomic E-state index is 0.0904. The predicted octanol–water partition coefficient (Wildman–Crippen LogP) is 17.8. The quantitative estimate of drug-likeness (QED) is 0.0199. The van der Waals surface area contributed by atoms with Gasteiger partial charge in [-0.2, -0.15) is 0 Å². The molecular weight excluding hydrogens is 793 g/mol. The topological polar surface area (TPSA) is 78.9 Å². The Morgan fingerprint density at radius 2 is 0.656 bits per heavy atom. The largest absolute Gasteiger partial charge is 0.462 e. The van der Waals surface area contributed by atoms with Crippen molar-refractivity contribution < 1.29 is 28.6 Å². The molecule has 0 aromatic heterocycles. The first-order valence-electron chi connectivity index (χ1n) is 27.0. The third kappa shape index (κ3) is 49.9. The molecule has 1 atom stereocenters. The molecule has 0 bridgehead atoms. The second kappa shape index (κ2) is 52.5. The van der Waals surface area contributed by atoms with Crippen LogP contribution in [0.5, 0.6) is 0 Å². The summed E-state index contributed by atoms with van der Waals surface area (Å²) in [5.41, 5.74) is 0. The lowest BCUT2D eigenvalue weighted by molar-refractivity contribution is -0.167. The van der Waals surface area contributed by atoms with Gasteiger partial charge in [0.15, 0.2) is 6.10 Å². The third-order valence-corrected chi connectivity index (χ3v) is 11.4. The zero-order valence-electron chi connectivity index (χ0n) is 42.0. The molecule has 0 aliphatic rings. The number of unbranched alkanes of at least 4 members (excludes halogenated alkanes) is 26. The van der Waals surface area contributed by atoms with Gasteiger partial charge >= 0.3 is 17.9 Å². The van der Waals surface area contributed by atoms with Crippen molar-refractivity contribution in [3.8, 4) is 0 Å². The molecule has 368 valence electrons. The number of carbonyl (C=O) groups is 3. The van der Waals surface area contributed by atoms with Crippen LogP contribution in [-0.2, 0) is 28.6 Å². The molecule has 6 nitrogen and oxygen atoms in total. The van der Waals surface area contributed by atoms with Gasteiger partial charge in [0.2, 0.25) is 0 Å². The van der Waals surface area contributed by atoms with Crippen molar-refractivity contribution in [2.75, 3.05) is 13.2 Å². The van der Waals surface area contributed by atoms with Gasteiger partial charge in [0.05, 0.1) is 0 Å². The molecule has 0 aliphatic carbocycles. The molecule has 0 aromatic carbocycles. The predicted molar refractivity (Wildman–Crippen MR) is 274 cm³/mol. The van der Waals surface area contributed by atoms with Gasteiger partial charge in [-0.25, -0.2) is 0 Å². The fourth-order valence-electron chi connectivity index (χ4n) is 7.38.